The van der Waals surface area contributed by atoms with E-state index in [1.807, 2.05) is 0 Å². The molecule has 0 aliphatic rings. The zero-order valence-electron chi connectivity index (χ0n) is 9.81. The number of non-ortho nitro benzene ring substituents is 1. The fraction of sp³-hybridized carbons (Fsp3) is 0.200. The van der Waals surface area contributed by atoms with E-state index in [-0.39, 0.29) is 11.0 Å². The van der Waals surface area contributed by atoms with Gasteiger partial charge in [-0.05, 0) is 22.9 Å². The Hall–Kier alpha value is -1.32. The molecule has 0 unspecified atom stereocenters. The number of nitrogens with one attached hydrogen (secondary N) is 1. The van der Waals surface area contributed by atoms with Crippen LogP contribution in [0.25, 0.3) is 0 Å². The number of halogens is 2. The minimum Gasteiger partial charge on any atom is -0.258 e. The van der Waals surface area contributed by atoms with Crippen molar-refractivity contribution in [3.63, 3.8) is 0 Å². The van der Waals surface area contributed by atoms with E-state index < -0.39 is 31.3 Å². The number of hydrogen-bond acceptors (Lipinski definition) is 4. The van der Waals surface area contributed by atoms with Gasteiger partial charge in [-0.3, -0.25) is 10.1 Å². The highest BCUT2D eigenvalue weighted by Gasteiger charge is 2.24. The average molecular weight is 353 g/mol. The summed E-state index contributed by atoms with van der Waals surface area (Å²) in [5.74, 6) is -1.08. The molecule has 0 aliphatic carbocycles. The number of nitro benzene ring substituents is 1. The van der Waals surface area contributed by atoms with E-state index in [0.717, 1.165) is 6.07 Å². The van der Waals surface area contributed by atoms with Gasteiger partial charge in [0.1, 0.15) is 4.90 Å². The van der Waals surface area contributed by atoms with Crippen molar-refractivity contribution in [1.29, 1.82) is 0 Å². The first-order chi connectivity index (χ1) is 8.65. The van der Waals surface area contributed by atoms with Crippen LogP contribution in [-0.2, 0) is 10.0 Å². The highest BCUT2D eigenvalue weighted by molar-refractivity contribution is 9.10. The third-order valence-electron chi connectivity index (χ3n) is 2.04. The molecule has 6 nitrogen and oxygen atoms in total. The first kappa shape index (κ1) is 15.7. The van der Waals surface area contributed by atoms with Gasteiger partial charge >= 0.3 is 0 Å². The van der Waals surface area contributed by atoms with Crippen LogP contribution in [0.3, 0.4) is 0 Å². The molecule has 0 spiro atoms. The van der Waals surface area contributed by atoms with Crippen LogP contribution >= 0.6 is 15.9 Å². The lowest BCUT2D eigenvalue weighted by atomic mass is 10.3. The van der Waals surface area contributed by atoms with Crippen molar-refractivity contribution in [3.8, 4) is 0 Å². The molecular formula is C10H10BrFN2O4S. The van der Waals surface area contributed by atoms with Crippen LogP contribution in [0.4, 0.5) is 10.1 Å². The van der Waals surface area contributed by atoms with Crippen molar-refractivity contribution in [1.82, 2.24) is 4.72 Å². The molecule has 0 saturated carbocycles. The molecule has 0 amide bonds. The van der Waals surface area contributed by atoms with Gasteiger partial charge in [0.2, 0.25) is 10.0 Å². The summed E-state index contributed by atoms with van der Waals surface area (Å²) in [6, 6.07) is 1.56. The molecule has 0 radical (unpaired) electrons. The van der Waals surface area contributed by atoms with Crippen molar-refractivity contribution in [3.05, 3.63) is 44.7 Å². The Kier molecular flexibility index (Phi) is 4.77. The molecule has 0 heterocycles. The van der Waals surface area contributed by atoms with Crippen LogP contribution in [0.5, 0.6) is 0 Å². The van der Waals surface area contributed by atoms with Crippen LogP contribution in [0.2, 0.25) is 0 Å². The second-order valence-electron chi connectivity index (χ2n) is 3.78. The molecule has 1 N–H and O–H groups in total. The van der Waals surface area contributed by atoms with E-state index in [4.69, 9.17) is 0 Å². The van der Waals surface area contributed by atoms with Crippen molar-refractivity contribution in [2.75, 3.05) is 6.54 Å². The summed E-state index contributed by atoms with van der Waals surface area (Å²) in [6.07, 6.45) is 0. The quantitative estimate of drug-likeness (QED) is 0.500. The van der Waals surface area contributed by atoms with E-state index in [0.29, 0.717) is 11.6 Å². The molecule has 1 aromatic carbocycles. The molecule has 0 atom stereocenters. The van der Waals surface area contributed by atoms with Gasteiger partial charge in [0.25, 0.3) is 5.69 Å². The van der Waals surface area contributed by atoms with Gasteiger partial charge in [-0.1, -0.05) is 12.2 Å². The van der Waals surface area contributed by atoms with Crippen molar-refractivity contribution in [2.24, 2.45) is 0 Å². The third kappa shape index (κ3) is 3.82. The molecule has 1 rings (SSSR count). The number of hydrogen-bond donors (Lipinski definition) is 1. The summed E-state index contributed by atoms with van der Waals surface area (Å²) in [4.78, 5) is 9.06. The van der Waals surface area contributed by atoms with Crippen molar-refractivity contribution in [2.45, 2.75) is 11.8 Å². The Labute approximate surface area is 117 Å². The molecule has 0 aliphatic heterocycles. The lowest BCUT2D eigenvalue weighted by Crippen LogP contribution is -2.26. The first-order valence-electron chi connectivity index (χ1n) is 4.92. The first-order valence-corrected chi connectivity index (χ1v) is 7.20. The standard InChI is InChI=1S/C10H10BrFN2O4S/c1-6(2)5-13-19(17,18)9-4-7(14(15)16)3-8(11)10(9)12/h3-4,13H,1,5H2,2H3. The summed E-state index contributed by atoms with van der Waals surface area (Å²) >= 11 is 2.75. The number of nitrogens with zero attached hydrogens (tertiary/aromatic N) is 1. The van der Waals surface area contributed by atoms with E-state index in [9.17, 15) is 22.9 Å². The van der Waals surface area contributed by atoms with Gasteiger partial charge in [0.05, 0.1) is 9.40 Å². The maximum Gasteiger partial charge on any atom is 0.272 e. The van der Waals surface area contributed by atoms with Gasteiger partial charge in [0.15, 0.2) is 5.82 Å². The lowest BCUT2D eigenvalue weighted by molar-refractivity contribution is -0.385. The summed E-state index contributed by atoms with van der Waals surface area (Å²) in [7, 11) is -4.18. The SMILES string of the molecule is C=C(C)CNS(=O)(=O)c1cc([N+](=O)[O-])cc(Br)c1F. The van der Waals surface area contributed by atoms with E-state index in [2.05, 4.69) is 27.2 Å². The molecule has 0 fully saturated rings. The van der Waals surface area contributed by atoms with Gasteiger partial charge < -0.3 is 0 Å². The molecule has 0 aromatic heterocycles. The molecule has 1 aromatic rings. The maximum atomic E-state index is 13.8. The van der Waals surface area contributed by atoms with Gasteiger partial charge in [-0.2, -0.15) is 0 Å². The van der Waals surface area contributed by atoms with Crippen LogP contribution in [0, 0.1) is 15.9 Å². The lowest BCUT2D eigenvalue weighted by Gasteiger charge is -2.08. The Morgan fingerprint density at radius 3 is 2.63 bits per heavy atom. The molecule has 0 saturated heterocycles. The third-order valence-corrected chi connectivity index (χ3v) is 4.02. The normalized spacial score (nSPS) is 11.3. The summed E-state index contributed by atoms with van der Waals surface area (Å²) in [5.41, 5.74) is -0.00236. The fourth-order valence-corrected chi connectivity index (χ4v) is 2.94. The number of benzene rings is 1. The van der Waals surface area contributed by atoms with Gasteiger partial charge in [0, 0.05) is 18.7 Å². The number of rotatable bonds is 5. The van der Waals surface area contributed by atoms with Crippen LogP contribution in [-0.4, -0.2) is 19.9 Å². The molecule has 104 valence electrons. The van der Waals surface area contributed by atoms with E-state index in [1.165, 1.54) is 0 Å². The average Bonchev–Trinajstić information content (AvgIpc) is 2.29. The Morgan fingerprint density at radius 1 is 1.58 bits per heavy atom. The number of nitro groups is 1. The summed E-state index contributed by atoms with van der Waals surface area (Å²) in [5, 5.41) is 10.6. The predicted octanol–water partition coefficient (Wildman–Crippen LogP) is 2.35. The highest BCUT2D eigenvalue weighted by atomic mass is 79.9. The second-order valence-corrected chi connectivity index (χ2v) is 6.37. The maximum absolute atomic E-state index is 13.8. The Balaban J connectivity index is 3.33. The minimum absolute atomic E-state index is 0.0813. The predicted molar refractivity (Wildman–Crippen MR) is 70.8 cm³/mol. The topological polar surface area (TPSA) is 89.3 Å². The van der Waals surface area contributed by atoms with Gasteiger partial charge in [-0.15, -0.1) is 0 Å². The van der Waals surface area contributed by atoms with Crippen molar-refractivity contribution >= 4 is 31.6 Å². The summed E-state index contributed by atoms with van der Waals surface area (Å²) < 4.78 is 39.3. The summed E-state index contributed by atoms with van der Waals surface area (Å²) in [6.45, 7) is 5.00. The zero-order valence-corrected chi connectivity index (χ0v) is 12.2. The molecular weight excluding hydrogens is 343 g/mol. The van der Waals surface area contributed by atoms with Gasteiger partial charge in [-0.25, -0.2) is 17.5 Å². The van der Waals surface area contributed by atoms with E-state index >= 15 is 0 Å². The van der Waals surface area contributed by atoms with Crippen molar-refractivity contribution < 1.29 is 17.7 Å². The fourth-order valence-electron chi connectivity index (χ4n) is 1.15. The zero-order chi connectivity index (χ0) is 14.8. The van der Waals surface area contributed by atoms with Crippen LogP contribution in [0.15, 0.2) is 33.7 Å². The second kappa shape index (κ2) is 5.76. The van der Waals surface area contributed by atoms with Crippen LogP contribution in [0.1, 0.15) is 6.92 Å². The smallest absolute Gasteiger partial charge is 0.258 e. The molecule has 0 bridgehead atoms. The highest BCUT2D eigenvalue weighted by Crippen LogP contribution is 2.28. The van der Waals surface area contributed by atoms with E-state index in [1.54, 1.807) is 6.92 Å². The largest absolute Gasteiger partial charge is 0.272 e. The van der Waals surface area contributed by atoms with Crippen LogP contribution < -0.4 is 4.72 Å². The Bertz CT molecular complexity index is 645. The molecule has 9 heteroatoms. The minimum atomic E-state index is -4.18. The Morgan fingerprint density at radius 2 is 2.16 bits per heavy atom. The monoisotopic (exact) mass is 352 g/mol. The number of sulfonamides is 1. The molecule has 19 heavy (non-hydrogen) atoms.